The number of benzene rings is 2. The van der Waals surface area contributed by atoms with Crippen LogP contribution in [0.15, 0.2) is 36.4 Å². The molecule has 0 radical (unpaired) electrons. The topological polar surface area (TPSA) is 36.9 Å². The Bertz CT molecular complexity index is 595. The lowest BCUT2D eigenvalue weighted by atomic mass is 10.0. The van der Waals surface area contributed by atoms with E-state index in [1.54, 1.807) is 14.2 Å². The third-order valence-electron chi connectivity index (χ3n) is 3.76. The van der Waals surface area contributed by atoms with Crippen LogP contribution in [0.4, 0.5) is 0 Å². The second-order valence-corrected chi connectivity index (χ2v) is 5.34. The van der Waals surface area contributed by atoms with Gasteiger partial charge in [0.05, 0.1) is 27.4 Å². The highest BCUT2D eigenvalue weighted by Gasteiger charge is 2.08. The molecule has 0 spiro atoms. The van der Waals surface area contributed by atoms with Crippen LogP contribution in [0.5, 0.6) is 23.0 Å². The molecule has 4 nitrogen and oxygen atoms in total. The van der Waals surface area contributed by atoms with E-state index >= 15 is 0 Å². The molecule has 0 fully saturated rings. The molecule has 2 aromatic rings. The zero-order valence-electron chi connectivity index (χ0n) is 14.9. The Hall–Kier alpha value is -2.36. The molecule has 0 unspecified atom stereocenters. The summed E-state index contributed by atoms with van der Waals surface area (Å²) >= 11 is 0. The number of methoxy groups -OCH3 is 2. The summed E-state index contributed by atoms with van der Waals surface area (Å²) in [5, 5.41) is 0. The zero-order valence-corrected chi connectivity index (χ0v) is 14.9. The van der Waals surface area contributed by atoms with Gasteiger partial charge >= 0.3 is 0 Å². The van der Waals surface area contributed by atoms with Crippen molar-refractivity contribution in [1.82, 2.24) is 0 Å². The summed E-state index contributed by atoms with van der Waals surface area (Å²) in [5.74, 6) is 3.12. The smallest absolute Gasteiger partial charge is 0.161 e. The summed E-state index contributed by atoms with van der Waals surface area (Å²) in [7, 11) is 3.33. The molecule has 0 aliphatic rings. The van der Waals surface area contributed by atoms with Crippen LogP contribution in [0.2, 0.25) is 0 Å². The Labute approximate surface area is 144 Å². The lowest BCUT2D eigenvalue weighted by Gasteiger charge is -2.12. The first-order valence-electron chi connectivity index (χ1n) is 8.31. The molecule has 0 heterocycles. The largest absolute Gasteiger partial charge is 0.493 e. The van der Waals surface area contributed by atoms with E-state index in [1.165, 1.54) is 11.1 Å². The van der Waals surface area contributed by atoms with Crippen molar-refractivity contribution in [3.8, 4) is 23.0 Å². The molecule has 0 saturated carbocycles. The molecule has 0 saturated heterocycles. The molecule has 0 N–H and O–H groups in total. The molecule has 24 heavy (non-hydrogen) atoms. The molecular weight excluding hydrogens is 304 g/mol. The Kier molecular flexibility index (Phi) is 6.79. The fraction of sp³-hybridized carbons (Fsp3) is 0.400. The normalized spacial score (nSPS) is 10.3. The molecule has 0 aliphatic heterocycles. The van der Waals surface area contributed by atoms with Gasteiger partial charge in [0.15, 0.2) is 23.0 Å². The average molecular weight is 330 g/mol. The standard InChI is InChI=1S/C20H26O4/c1-5-23-17-11-9-15(13-19(17)21-3)7-8-16-10-12-18(24-6-2)20(14-16)22-4/h9-14H,5-8H2,1-4H3. The van der Waals surface area contributed by atoms with E-state index < -0.39 is 0 Å². The van der Waals surface area contributed by atoms with Gasteiger partial charge in [0.25, 0.3) is 0 Å². The minimum Gasteiger partial charge on any atom is -0.493 e. The van der Waals surface area contributed by atoms with Crippen molar-refractivity contribution in [2.75, 3.05) is 27.4 Å². The van der Waals surface area contributed by atoms with Crippen LogP contribution in [-0.2, 0) is 12.8 Å². The lowest BCUT2D eigenvalue weighted by molar-refractivity contribution is 0.310. The van der Waals surface area contributed by atoms with Gasteiger partial charge in [-0.05, 0) is 62.1 Å². The number of rotatable bonds is 9. The molecule has 4 heteroatoms. The van der Waals surface area contributed by atoms with Crippen molar-refractivity contribution in [2.24, 2.45) is 0 Å². The highest BCUT2D eigenvalue weighted by molar-refractivity contribution is 5.45. The monoisotopic (exact) mass is 330 g/mol. The Morgan fingerprint density at radius 3 is 1.38 bits per heavy atom. The molecule has 0 atom stereocenters. The van der Waals surface area contributed by atoms with E-state index in [0.29, 0.717) is 13.2 Å². The maximum Gasteiger partial charge on any atom is 0.161 e. The van der Waals surface area contributed by atoms with Gasteiger partial charge in [0, 0.05) is 0 Å². The summed E-state index contributed by atoms with van der Waals surface area (Å²) in [6, 6.07) is 12.2. The van der Waals surface area contributed by atoms with Crippen LogP contribution in [0, 0.1) is 0 Å². The second kappa shape index (κ2) is 9.06. The predicted octanol–water partition coefficient (Wildman–Crippen LogP) is 4.29. The summed E-state index contributed by atoms with van der Waals surface area (Å²) in [6.45, 7) is 5.18. The quantitative estimate of drug-likeness (QED) is 0.687. The van der Waals surface area contributed by atoms with E-state index in [4.69, 9.17) is 18.9 Å². The van der Waals surface area contributed by atoms with Gasteiger partial charge in [-0.1, -0.05) is 12.1 Å². The van der Waals surface area contributed by atoms with Crippen molar-refractivity contribution in [2.45, 2.75) is 26.7 Å². The van der Waals surface area contributed by atoms with Crippen molar-refractivity contribution in [3.63, 3.8) is 0 Å². The highest BCUT2D eigenvalue weighted by Crippen LogP contribution is 2.30. The first kappa shape index (κ1) is 18.0. The summed E-state index contributed by atoms with van der Waals surface area (Å²) in [4.78, 5) is 0. The summed E-state index contributed by atoms with van der Waals surface area (Å²) in [5.41, 5.74) is 2.42. The van der Waals surface area contributed by atoms with Crippen LogP contribution < -0.4 is 18.9 Å². The van der Waals surface area contributed by atoms with Gasteiger partial charge in [-0.15, -0.1) is 0 Å². The maximum atomic E-state index is 5.56. The number of aryl methyl sites for hydroxylation is 2. The predicted molar refractivity (Wildman–Crippen MR) is 95.7 cm³/mol. The molecule has 0 amide bonds. The Morgan fingerprint density at radius 2 is 1.04 bits per heavy atom. The van der Waals surface area contributed by atoms with Crippen LogP contribution in [-0.4, -0.2) is 27.4 Å². The fourth-order valence-electron chi connectivity index (χ4n) is 2.57. The first-order chi connectivity index (χ1) is 11.7. The molecule has 0 aliphatic carbocycles. The zero-order chi connectivity index (χ0) is 17.4. The highest BCUT2D eigenvalue weighted by atomic mass is 16.5. The maximum absolute atomic E-state index is 5.56. The molecular formula is C20H26O4. The third-order valence-corrected chi connectivity index (χ3v) is 3.76. The lowest BCUT2D eigenvalue weighted by Crippen LogP contribution is -1.99. The molecule has 0 aromatic heterocycles. The van der Waals surface area contributed by atoms with Crippen LogP contribution in [0.1, 0.15) is 25.0 Å². The molecule has 2 rings (SSSR count). The fourth-order valence-corrected chi connectivity index (χ4v) is 2.57. The first-order valence-corrected chi connectivity index (χ1v) is 8.31. The van der Waals surface area contributed by atoms with E-state index in [0.717, 1.165) is 35.8 Å². The van der Waals surface area contributed by atoms with Crippen molar-refractivity contribution >= 4 is 0 Å². The van der Waals surface area contributed by atoms with Gasteiger partial charge in [0.1, 0.15) is 0 Å². The van der Waals surface area contributed by atoms with E-state index in [-0.39, 0.29) is 0 Å². The minimum absolute atomic E-state index is 0.627. The van der Waals surface area contributed by atoms with E-state index in [9.17, 15) is 0 Å². The van der Waals surface area contributed by atoms with Gasteiger partial charge < -0.3 is 18.9 Å². The number of hydrogen-bond donors (Lipinski definition) is 0. The minimum atomic E-state index is 0.627. The van der Waals surface area contributed by atoms with Crippen LogP contribution >= 0.6 is 0 Å². The van der Waals surface area contributed by atoms with E-state index in [2.05, 4.69) is 12.1 Å². The number of ether oxygens (including phenoxy) is 4. The SMILES string of the molecule is CCOc1ccc(CCc2ccc(OCC)c(OC)c2)cc1OC. The Balaban J connectivity index is 2.07. The Morgan fingerprint density at radius 1 is 0.625 bits per heavy atom. The van der Waals surface area contributed by atoms with Gasteiger partial charge in [-0.25, -0.2) is 0 Å². The van der Waals surface area contributed by atoms with Gasteiger partial charge in [-0.2, -0.15) is 0 Å². The molecule has 130 valence electrons. The molecule has 2 aromatic carbocycles. The average Bonchev–Trinajstić information content (AvgIpc) is 2.62. The van der Waals surface area contributed by atoms with Crippen molar-refractivity contribution < 1.29 is 18.9 Å². The van der Waals surface area contributed by atoms with Gasteiger partial charge in [-0.3, -0.25) is 0 Å². The third kappa shape index (κ3) is 4.57. The van der Waals surface area contributed by atoms with Crippen LogP contribution in [0.3, 0.4) is 0 Å². The molecule has 0 bridgehead atoms. The summed E-state index contributed by atoms with van der Waals surface area (Å²) in [6.07, 6.45) is 1.83. The summed E-state index contributed by atoms with van der Waals surface area (Å²) < 4.78 is 21.9. The van der Waals surface area contributed by atoms with Crippen LogP contribution in [0.25, 0.3) is 0 Å². The van der Waals surface area contributed by atoms with Crippen molar-refractivity contribution in [1.29, 1.82) is 0 Å². The second-order valence-electron chi connectivity index (χ2n) is 5.34. The van der Waals surface area contributed by atoms with Gasteiger partial charge in [0.2, 0.25) is 0 Å². The van der Waals surface area contributed by atoms with Crippen molar-refractivity contribution in [3.05, 3.63) is 47.5 Å². The van der Waals surface area contributed by atoms with E-state index in [1.807, 2.05) is 38.1 Å². The number of hydrogen-bond acceptors (Lipinski definition) is 4.